The van der Waals surface area contributed by atoms with Gasteiger partial charge in [-0.15, -0.1) is 0 Å². The highest BCUT2D eigenvalue weighted by atomic mass is 127. The first-order valence-electron chi connectivity index (χ1n) is 3.50. The molecule has 1 aliphatic rings. The average Bonchev–Trinajstić information content (AvgIpc) is 1.90. The summed E-state index contributed by atoms with van der Waals surface area (Å²) in [5, 5.41) is 0. The van der Waals surface area contributed by atoms with Crippen LogP contribution in [0.25, 0.3) is 0 Å². The quantitative estimate of drug-likeness (QED) is 0.505. The molecular weight excluding hydrogens is 227 g/mol. The van der Waals surface area contributed by atoms with Crippen LogP contribution in [-0.4, -0.2) is 17.1 Å². The summed E-state index contributed by atoms with van der Waals surface area (Å²) in [6.45, 7) is 0. The van der Waals surface area contributed by atoms with Crippen LogP contribution in [0.2, 0.25) is 0 Å². The first kappa shape index (κ1) is 7.79. The number of hydrogen-bond acceptors (Lipinski definition) is 1. The minimum atomic E-state index is 0.566. The van der Waals surface area contributed by atoms with Gasteiger partial charge < -0.3 is 4.74 Å². The summed E-state index contributed by atoms with van der Waals surface area (Å²) in [5.74, 6) is 0. The summed E-state index contributed by atoms with van der Waals surface area (Å²) < 4.78 is 6.15. The Morgan fingerprint density at radius 1 is 1.22 bits per heavy atom. The zero-order chi connectivity index (χ0) is 6.69. The van der Waals surface area contributed by atoms with Crippen molar-refractivity contribution in [2.45, 2.75) is 35.7 Å². The Balaban J connectivity index is 2.18. The lowest BCUT2D eigenvalue weighted by Crippen LogP contribution is -2.19. The summed E-state index contributed by atoms with van der Waals surface area (Å²) in [5.41, 5.74) is 0. The van der Waals surface area contributed by atoms with Crippen molar-refractivity contribution >= 4 is 22.6 Å². The highest BCUT2D eigenvalue weighted by Gasteiger charge is 2.17. The van der Waals surface area contributed by atoms with E-state index in [4.69, 9.17) is 4.74 Å². The Kier molecular flexibility index (Phi) is 3.26. The van der Waals surface area contributed by atoms with E-state index in [1.807, 2.05) is 7.11 Å². The van der Waals surface area contributed by atoms with Crippen molar-refractivity contribution in [2.24, 2.45) is 0 Å². The van der Waals surface area contributed by atoms with E-state index in [1.54, 1.807) is 0 Å². The second kappa shape index (κ2) is 3.76. The molecule has 0 radical (unpaired) electrons. The molecule has 1 rings (SSSR count). The van der Waals surface area contributed by atoms with E-state index in [0.717, 1.165) is 3.92 Å². The molecule has 0 saturated heterocycles. The van der Waals surface area contributed by atoms with Crippen LogP contribution in [0.4, 0.5) is 0 Å². The largest absolute Gasteiger partial charge is 0.381 e. The Morgan fingerprint density at radius 2 is 1.78 bits per heavy atom. The lowest BCUT2D eigenvalue weighted by atomic mass is 9.98. The molecule has 0 bridgehead atoms. The molecule has 0 amide bonds. The third-order valence-corrected chi connectivity index (χ3v) is 3.18. The smallest absolute Gasteiger partial charge is 0.0572 e. The third kappa shape index (κ3) is 2.42. The molecule has 0 aromatic rings. The van der Waals surface area contributed by atoms with Crippen LogP contribution in [0.1, 0.15) is 25.7 Å². The molecule has 1 fully saturated rings. The summed E-state index contributed by atoms with van der Waals surface area (Å²) in [4.78, 5) is 0. The minimum absolute atomic E-state index is 0.566. The molecule has 9 heavy (non-hydrogen) atoms. The van der Waals surface area contributed by atoms with E-state index < -0.39 is 0 Å². The van der Waals surface area contributed by atoms with Crippen LogP contribution < -0.4 is 0 Å². The van der Waals surface area contributed by atoms with Crippen LogP contribution in [0.15, 0.2) is 0 Å². The monoisotopic (exact) mass is 240 g/mol. The Hall–Kier alpha value is 0.690. The van der Waals surface area contributed by atoms with Gasteiger partial charge in [0.15, 0.2) is 0 Å². The molecule has 1 nitrogen and oxygen atoms in total. The SMILES string of the molecule is CO[C@H]1CC[C@H](I)CC1. The number of rotatable bonds is 1. The van der Waals surface area contributed by atoms with E-state index in [-0.39, 0.29) is 0 Å². The van der Waals surface area contributed by atoms with Crippen LogP contribution in [0, 0.1) is 0 Å². The standard InChI is InChI=1S/C7H13IO/c1-9-7-4-2-6(8)3-5-7/h6-7H,2-5H2,1H3/t6-,7-. The van der Waals surface area contributed by atoms with Crippen molar-refractivity contribution in [3.05, 3.63) is 0 Å². The highest BCUT2D eigenvalue weighted by Crippen LogP contribution is 2.25. The molecule has 0 atom stereocenters. The summed E-state index contributed by atoms with van der Waals surface area (Å²) >= 11 is 2.53. The number of methoxy groups -OCH3 is 1. The fourth-order valence-electron chi connectivity index (χ4n) is 1.26. The van der Waals surface area contributed by atoms with E-state index in [2.05, 4.69) is 22.6 Å². The van der Waals surface area contributed by atoms with Gasteiger partial charge in [0.2, 0.25) is 0 Å². The highest BCUT2D eigenvalue weighted by molar-refractivity contribution is 14.1. The van der Waals surface area contributed by atoms with Gasteiger partial charge in [0, 0.05) is 11.0 Å². The molecule has 0 aromatic heterocycles. The summed E-state index contributed by atoms with van der Waals surface area (Å²) in [6, 6.07) is 0. The van der Waals surface area contributed by atoms with Gasteiger partial charge in [-0.3, -0.25) is 0 Å². The first-order chi connectivity index (χ1) is 4.33. The normalized spacial score (nSPS) is 36.7. The zero-order valence-electron chi connectivity index (χ0n) is 5.77. The molecule has 2 heteroatoms. The van der Waals surface area contributed by atoms with E-state index in [1.165, 1.54) is 25.7 Å². The predicted molar refractivity (Wildman–Crippen MR) is 47.1 cm³/mol. The number of halogens is 1. The molecule has 0 N–H and O–H groups in total. The molecule has 0 aromatic carbocycles. The molecule has 54 valence electrons. The first-order valence-corrected chi connectivity index (χ1v) is 4.74. The van der Waals surface area contributed by atoms with Crippen LogP contribution in [0.5, 0.6) is 0 Å². The predicted octanol–water partition coefficient (Wildman–Crippen LogP) is 2.38. The van der Waals surface area contributed by atoms with Gasteiger partial charge in [0.1, 0.15) is 0 Å². The molecular formula is C7H13IO. The lowest BCUT2D eigenvalue weighted by molar-refractivity contribution is 0.0734. The van der Waals surface area contributed by atoms with Gasteiger partial charge in [0.25, 0.3) is 0 Å². The lowest BCUT2D eigenvalue weighted by Gasteiger charge is -2.23. The van der Waals surface area contributed by atoms with Crippen molar-refractivity contribution in [3.63, 3.8) is 0 Å². The van der Waals surface area contributed by atoms with E-state index >= 15 is 0 Å². The van der Waals surface area contributed by atoms with E-state index in [9.17, 15) is 0 Å². The minimum Gasteiger partial charge on any atom is -0.381 e. The van der Waals surface area contributed by atoms with Gasteiger partial charge in [-0.25, -0.2) is 0 Å². The van der Waals surface area contributed by atoms with Gasteiger partial charge >= 0.3 is 0 Å². The second-order valence-electron chi connectivity index (χ2n) is 2.61. The van der Waals surface area contributed by atoms with Crippen molar-refractivity contribution in [1.82, 2.24) is 0 Å². The van der Waals surface area contributed by atoms with Crippen LogP contribution >= 0.6 is 22.6 Å². The van der Waals surface area contributed by atoms with Crippen LogP contribution in [0.3, 0.4) is 0 Å². The number of ether oxygens (including phenoxy) is 1. The molecule has 0 unspecified atom stereocenters. The van der Waals surface area contributed by atoms with Gasteiger partial charge in [-0.2, -0.15) is 0 Å². The zero-order valence-corrected chi connectivity index (χ0v) is 7.93. The average molecular weight is 240 g/mol. The molecule has 1 aliphatic carbocycles. The maximum atomic E-state index is 5.24. The van der Waals surface area contributed by atoms with Gasteiger partial charge in [0.05, 0.1) is 6.10 Å². The summed E-state index contributed by atoms with van der Waals surface area (Å²) in [7, 11) is 1.82. The maximum Gasteiger partial charge on any atom is 0.0572 e. The second-order valence-corrected chi connectivity index (χ2v) is 4.37. The third-order valence-electron chi connectivity index (χ3n) is 1.94. The topological polar surface area (TPSA) is 9.23 Å². The summed E-state index contributed by atoms with van der Waals surface area (Å²) in [6.07, 6.45) is 5.79. The Labute approximate surface area is 70.3 Å². The number of alkyl halides is 1. The van der Waals surface area contributed by atoms with Crippen LogP contribution in [-0.2, 0) is 4.74 Å². The Morgan fingerprint density at radius 3 is 2.22 bits per heavy atom. The Bertz CT molecular complexity index is 77.0. The molecule has 0 aliphatic heterocycles. The van der Waals surface area contributed by atoms with Gasteiger partial charge in [-0.05, 0) is 25.7 Å². The van der Waals surface area contributed by atoms with Crippen molar-refractivity contribution in [2.75, 3.05) is 7.11 Å². The van der Waals surface area contributed by atoms with E-state index in [0.29, 0.717) is 6.10 Å². The van der Waals surface area contributed by atoms with Crippen molar-refractivity contribution in [1.29, 1.82) is 0 Å². The fourth-order valence-corrected chi connectivity index (χ4v) is 1.98. The maximum absolute atomic E-state index is 5.24. The fraction of sp³-hybridized carbons (Fsp3) is 1.00. The molecule has 0 heterocycles. The van der Waals surface area contributed by atoms with Crippen molar-refractivity contribution < 1.29 is 4.74 Å². The van der Waals surface area contributed by atoms with Crippen molar-refractivity contribution in [3.8, 4) is 0 Å². The molecule has 1 saturated carbocycles. The number of hydrogen-bond donors (Lipinski definition) is 0. The van der Waals surface area contributed by atoms with Gasteiger partial charge in [-0.1, -0.05) is 22.6 Å². The molecule has 0 spiro atoms.